The van der Waals surface area contributed by atoms with Crippen molar-refractivity contribution < 1.29 is 9.21 Å². The zero-order valence-electron chi connectivity index (χ0n) is 12.8. The Morgan fingerprint density at radius 3 is 3.09 bits per heavy atom. The Hall–Kier alpha value is -2.41. The molecule has 120 valence electrons. The maximum atomic E-state index is 12.0. The summed E-state index contributed by atoms with van der Waals surface area (Å²) in [5, 5.41) is 9.00. The predicted octanol–water partition coefficient (Wildman–Crippen LogP) is 2.74. The van der Waals surface area contributed by atoms with Crippen LogP contribution in [0.15, 0.2) is 46.7 Å². The van der Waals surface area contributed by atoms with E-state index in [1.165, 1.54) is 6.33 Å². The van der Waals surface area contributed by atoms with E-state index in [1.54, 1.807) is 22.3 Å². The number of hydrogen-bond acceptors (Lipinski definition) is 5. The van der Waals surface area contributed by atoms with Gasteiger partial charge in [-0.2, -0.15) is 5.10 Å². The van der Waals surface area contributed by atoms with Crippen LogP contribution in [0.5, 0.6) is 0 Å². The number of rotatable bonds is 7. The average Bonchev–Trinajstić information content (AvgIpc) is 3.26. The van der Waals surface area contributed by atoms with Crippen LogP contribution in [0, 0.1) is 0 Å². The van der Waals surface area contributed by atoms with E-state index in [0.717, 1.165) is 16.4 Å². The highest BCUT2D eigenvalue weighted by Gasteiger charge is 2.11. The van der Waals surface area contributed by atoms with E-state index in [4.69, 9.17) is 4.42 Å². The van der Waals surface area contributed by atoms with Gasteiger partial charge in [0.05, 0.1) is 11.4 Å². The summed E-state index contributed by atoms with van der Waals surface area (Å²) in [6.45, 7) is 2.55. The molecule has 0 aliphatic rings. The molecular formula is C16H18N4O2S. The molecule has 0 fully saturated rings. The van der Waals surface area contributed by atoms with E-state index in [9.17, 15) is 4.79 Å². The van der Waals surface area contributed by atoms with Crippen LogP contribution >= 0.6 is 11.3 Å². The van der Waals surface area contributed by atoms with Crippen LogP contribution in [-0.2, 0) is 17.8 Å². The third-order valence-corrected chi connectivity index (χ3v) is 4.24. The van der Waals surface area contributed by atoms with Crippen molar-refractivity contribution in [1.29, 1.82) is 0 Å². The van der Waals surface area contributed by atoms with Gasteiger partial charge in [0.25, 0.3) is 0 Å². The lowest BCUT2D eigenvalue weighted by molar-refractivity contribution is -0.121. The van der Waals surface area contributed by atoms with E-state index in [0.29, 0.717) is 19.4 Å². The molecule has 1 amide bonds. The smallest absolute Gasteiger partial charge is 0.220 e. The number of carbonyl (C=O) groups is 1. The van der Waals surface area contributed by atoms with Gasteiger partial charge in [-0.25, -0.2) is 4.98 Å². The molecule has 23 heavy (non-hydrogen) atoms. The number of hydrogen-bond donors (Lipinski definition) is 1. The number of amides is 1. The molecule has 1 atom stereocenters. The Balaban J connectivity index is 1.45. The summed E-state index contributed by atoms with van der Waals surface area (Å²) in [5.74, 6) is 1.69. The second kappa shape index (κ2) is 7.23. The highest BCUT2D eigenvalue weighted by atomic mass is 32.1. The summed E-state index contributed by atoms with van der Waals surface area (Å²) < 4.78 is 7.48. The van der Waals surface area contributed by atoms with Gasteiger partial charge in [0.2, 0.25) is 5.91 Å². The molecule has 3 aromatic rings. The van der Waals surface area contributed by atoms with Crippen LogP contribution in [-0.4, -0.2) is 26.7 Å². The molecule has 0 saturated heterocycles. The Morgan fingerprint density at radius 1 is 1.43 bits per heavy atom. The number of nitrogens with one attached hydrogen (secondary N) is 1. The lowest BCUT2D eigenvalue weighted by Gasteiger charge is -2.13. The number of thiophene rings is 1. The summed E-state index contributed by atoms with van der Waals surface area (Å²) in [5.41, 5.74) is 0. The van der Waals surface area contributed by atoms with Gasteiger partial charge >= 0.3 is 0 Å². The van der Waals surface area contributed by atoms with Crippen molar-refractivity contribution in [2.45, 2.75) is 32.4 Å². The fraction of sp³-hybridized carbons (Fsp3) is 0.312. The average molecular weight is 330 g/mol. The zero-order valence-corrected chi connectivity index (χ0v) is 13.6. The van der Waals surface area contributed by atoms with Gasteiger partial charge in [0, 0.05) is 18.9 Å². The number of aromatic nitrogens is 3. The van der Waals surface area contributed by atoms with E-state index >= 15 is 0 Å². The number of aryl methyl sites for hydroxylation is 1. The van der Waals surface area contributed by atoms with Gasteiger partial charge in [-0.05, 0) is 30.5 Å². The minimum absolute atomic E-state index is 0.00230. The Labute approximate surface area is 138 Å². The van der Waals surface area contributed by atoms with E-state index in [2.05, 4.69) is 15.4 Å². The van der Waals surface area contributed by atoms with Crippen LogP contribution in [0.2, 0.25) is 0 Å². The molecular weight excluding hydrogens is 312 g/mol. The molecule has 3 heterocycles. The van der Waals surface area contributed by atoms with Crippen molar-refractivity contribution in [3.8, 4) is 10.6 Å². The topological polar surface area (TPSA) is 73.0 Å². The molecule has 3 rings (SSSR count). The molecule has 0 saturated carbocycles. The summed E-state index contributed by atoms with van der Waals surface area (Å²) in [4.78, 5) is 17.0. The highest BCUT2D eigenvalue weighted by molar-refractivity contribution is 7.13. The normalized spacial score (nSPS) is 12.2. The summed E-state index contributed by atoms with van der Waals surface area (Å²) in [7, 11) is 0. The van der Waals surface area contributed by atoms with Crippen LogP contribution in [0.4, 0.5) is 0 Å². The molecule has 0 aliphatic heterocycles. The van der Waals surface area contributed by atoms with Crippen LogP contribution in [0.25, 0.3) is 10.6 Å². The number of carbonyl (C=O) groups excluding carboxylic acids is 1. The van der Waals surface area contributed by atoms with Gasteiger partial charge < -0.3 is 9.73 Å². The third-order valence-electron chi connectivity index (χ3n) is 3.36. The largest absolute Gasteiger partial charge is 0.460 e. The fourth-order valence-electron chi connectivity index (χ4n) is 2.30. The molecule has 1 N–H and O–H groups in total. The Morgan fingerprint density at radius 2 is 2.35 bits per heavy atom. The molecule has 0 radical (unpaired) electrons. The Bertz CT molecular complexity index is 734. The molecule has 0 bridgehead atoms. The second-order valence-corrected chi connectivity index (χ2v) is 6.28. The maximum Gasteiger partial charge on any atom is 0.220 e. The van der Waals surface area contributed by atoms with Gasteiger partial charge in [-0.3, -0.25) is 9.48 Å². The Kier molecular flexibility index (Phi) is 4.87. The minimum Gasteiger partial charge on any atom is -0.460 e. The minimum atomic E-state index is 0.00230. The lowest BCUT2D eigenvalue weighted by Crippen LogP contribution is -2.35. The van der Waals surface area contributed by atoms with Crippen molar-refractivity contribution in [3.63, 3.8) is 0 Å². The zero-order chi connectivity index (χ0) is 16.1. The van der Waals surface area contributed by atoms with Crippen LogP contribution < -0.4 is 5.32 Å². The van der Waals surface area contributed by atoms with Crippen molar-refractivity contribution in [2.24, 2.45) is 0 Å². The van der Waals surface area contributed by atoms with Crippen molar-refractivity contribution in [3.05, 3.63) is 48.1 Å². The van der Waals surface area contributed by atoms with Gasteiger partial charge in [0.15, 0.2) is 0 Å². The summed E-state index contributed by atoms with van der Waals surface area (Å²) in [6, 6.07) is 7.90. The summed E-state index contributed by atoms with van der Waals surface area (Å²) in [6.07, 6.45) is 4.11. The fourth-order valence-corrected chi connectivity index (χ4v) is 2.99. The lowest BCUT2D eigenvalue weighted by atomic mass is 10.2. The molecule has 0 aromatic carbocycles. The standard InChI is InChI=1S/C16H18N4O2S/c1-12(9-20-11-17-10-18-20)19-16(21)7-5-13-4-6-14(22-13)15-3-2-8-23-15/h2-4,6,8,10-12H,5,7,9H2,1H3,(H,19,21)/t12-/m0/s1. The van der Waals surface area contributed by atoms with Gasteiger partial charge in [-0.1, -0.05) is 6.07 Å². The molecule has 3 aromatic heterocycles. The summed E-state index contributed by atoms with van der Waals surface area (Å²) >= 11 is 1.64. The van der Waals surface area contributed by atoms with E-state index in [-0.39, 0.29) is 11.9 Å². The first-order valence-electron chi connectivity index (χ1n) is 7.45. The number of nitrogens with zero attached hydrogens (tertiary/aromatic N) is 3. The predicted molar refractivity (Wildman–Crippen MR) is 88.0 cm³/mol. The van der Waals surface area contributed by atoms with Crippen molar-refractivity contribution >= 4 is 17.2 Å². The number of furan rings is 1. The highest BCUT2D eigenvalue weighted by Crippen LogP contribution is 2.26. The molecule has 7 heteroatoms. The molecule has 0 aliphatic carbocycles. The molecule has 0 spiro atoms. The quantitative estimate of drug-likeness (QED) is 0.723. The molecule has 0 unspecified atom stereocenters. The van der Waals surface area contributed by atoms with Crippen LogP contribution in [0.1, 0.15) is 19.1 Å². The second-order valence-electron chi connectivity index (χ2n) is 5.33. The first kappa shape index (κ1) is 15.5. The van der Waals surface area contributed by atoms with Crippen molar-refractivity contribution in [1.82, 2.24) is 20.1 Å². The first-order valence-corrected chi connectivity index (χ1v) is 8.33. The van der Waals surface area contributed by atoms with Crippen LogP contribution in [0.3, 0.4) is 0 Å². The SMILES string of the molecule is C[C@@H](Cn1cncn1)NC(=O)CCc1ccc(-c2cccs2)o1. The van der Waals surface area contributed by atoms with Crippen molar-refractivity contribution in [2.75, 3.05) is 0 Å². The maximum absolute atomic E-state index is 12.0. The van der Waals surface area contributed by atoms with E-state index in [1.807, 2.05) is 36.6 Å². The monoisotopic (exact) mass is 330 g/mol. The molecule has 6 nitrogen and oxygen atoms in total. The van der Waals surface area contributed by atoms with Gasteiger partial charge in [-0.15, -0.1) is 11.3 Å². The third kappa shape index (κ3) is 4.29. The van der Waals surface area contributed by atoms with E-state index < -0.39 is 0 Å². The first-order chi connectivity index (χ1) is 11.2. The van der Waals surface area contributed by atoms with Gasteiger partial charge in [0.1, 0.15) is 24.2 Å².